The summed E-state index contributed by atoms with van der Waals surface area (Å²) >= 11 is 0. The lowest BCUT2D eigenvalue weighted by Crippen LogP contribution is -2.32. The van der Waals surface area contributed by atoms with Crippen LogP contribution in [0.2, 0.25) is 0 Å². The molecule has 2 amide bonds. The lowest BCUT2D eigenvalue weighted by molar-refractivity contribution is -0.117. The van der Waals surface area contributed by atoms with Gasteiger partial charge in [0.25, 0.3) is 0 Å². The maximum absolute atomic E-state index is 13.6. The van der Waals surface area contributed by atoms with Gasteiger partial charge >= 0.3 is 0 Å². The van der Waals surface area contributed by atoms with Crippen LogP contribution in [0.15, 0.2) is 36.4 Å². The monoisotopic (exact) mass is 350 g/mol. The molecule has 0 heterocycles. The van der Waals surface area contributed by atoms with Crippen LogP contribution in [0.5, 0.6) is 0 Å². The van der Waals surface area contributed by atoms with E-state index in [0.717, 1.165) is 17.7 Å². The zero-order valence-electron chi connectivity index (χ0n) is 13.8. The summed E-state index contributed by atoms with van der Waals surface area (Å²) in [6.07, 6.45) is -0.133. The first-order valence-electron chi connectivity index (χ1n) is 7.58. The summed E-state index contributed by atoms with van der Waals surface area (Å²) in [7, 11) is 0. The Hall–Kier alpha value is -2.83. The number of para-hydroxylation sites is 1. The van der Waals surface area contributed by atoms with Gasteiger partial charge in [-0.25, -0.2) is 13.2 Å². The van der Waals surface area contributed by atoms with E-state index in [1.165, 1.54) is 11.8 Å². The number of amides is 2. The summed E-state index contributed by atoms with van der Waals surface area (Å²) in [5.41, 5.74) is 1.08. The second-order valence-electron chi connectivity index (χ2n) is 5.48. The maximum Gasteiger partial charge on any atom is 0.226 e. The zero-order chi connectivity index (χ0) is 18.6. The van der Waals surface area contributed by atoms with Gasteiger partial charge in [-0.15, -0.1) is 0 Å². The first kappa shape index (κ1) is 18.5. The number of nitrogens with zero attached hydrogens (tertiary/aromatic N) is 1. The van der Waals surface area contributed by atoms with Gasteiger partial charge in [0.05, 0.1) is 5.69 Å². The molecular weight excluding hydrogens is 333 g/mol. The van der Waals surface area contributed by atoms with Gasteiger partial charge in [0.2, 0.25) is 11.8 Å². The Morgan fingerprint density at radius 1 is 1.04 bits per heavy atom. The van der Waals surface area contributed by atoms with Crippen molar-refractivity contribution in [2.24, 2.45) is 0 Å². The smallest absolute Gasteiger partial charge is 0.226 e. The van der Waals surface area contributed by atoms with E-state index < -0.39 is 29.0 Å². The second-order valence-corrected chi connectivity index (χ2v) is 5.48. The van der Waals surface area contributed by atoms with E-state index in [1.54, 1.807) is 12.1 Å². The van der Waals surface area contributed by atoms with Crippen LogP contribution in [0.1, 0.15) is 18.9 Å². The van der Waals surface area contributed by atoms with Crippen molar-refractivity contribution in [3.05, 3.63) is 59.4 Å². The number of hydrogen-bond acceptors (Lipinski definition) is 2. The van der Waals surface area contributed by atoms with Gasteiger partial charge in [0, 0.05) is 25.6 Å². The highest BCUT2D eigenvalue weighted by molar-refractivity contribution is 5.95. The number of halogens is 3. The highest BCUT2D eigenvalue weighted by Gasteiger charge is 2.18. The third kappa shape index (κ3) is 4.37. The third-order valence-electron chi connectivity index (χ3n) is 3.66. The van der Waals surface area contributed by atoms with E-state index in [0.29, 0.717) is 5.69 Å². The number of benzene rings is 2. The summed E-state index contributed by atoms with van der Waals surface area (Å²) in [6, 6.07) is 8.86. The minimum atomic E-state index is -1.65. The Labute approximate surface area is 143 Å². The van der Waals surface area contributed by atoms with Gasteiger partial charge in [-0.3, -0.25) is 9.59 Å². The summed E-state index contributed by atoms with van der Waals surface area (Å²) in [6.45, 7) is 3.28. The van der Waals surface area contributed by atoms with E-state index in [1.807, 2.05) is 19.1 Å². The number of nitrogens with one attached hydrogen (secondary N) is 1. The van der Waals surface area contributed by atoms with Crippen molar-refractivity contribution >= 4 is 23.2 Å². The molecule has 2 aromatic rings. The number of rotatable bonds is 5. The molecule has 0 saturated heterocycles. The molecule has 0 bridgehead atoms. The molecule has 0 aliphatic carbocycles. The van der Waals surface area contributed by atoms with Crippen LogP contribution in [0, 0.1) is 24.4 Å². The topological polar surface area (TPSA) is 49.4 Å². The fourth-order valence-electron chi connectivity index (χ4n) is 2.36. The molecule has 0 atom stereocenters. The predicted molar refractivity (Wildman–Crippen MR) is 88.8 cm³/mol. The van der Waals surface area contributed by atoms with Gasteiger partial charge in [-0.2, -0.15) is 0 Å². The van der Waals surface area contributed by atoms with Crippen molar-refractivity contribution < 1.29 is 22.8 Å². The first-order chi connectivity index (χ1) is 11.8. The van der Waals surface area contributed by atoms with Crippen molar-refractivity contribution in [2.75, 3.05) is 16.8 Å². The zero-order valence-corrected chi connectivity index (χ0v) is 13.8. The Morgan fingerprint density at radius 3 is 2.36 bits per heavy atom. The van der Waals surface area contributed by atoms with Crippen LogP contribution in [-0.4, -0.2) is 18.4 Å². The van der Waals surface area contributed by atoms with Crippen LogP contribution in [-0.2, 0) is 9.59 Å². The van der Waals surface area contributed by atoms with E-state index in [9.17, 15) is 22.8 Å². The molecular formula is C18H17F3N2O2. The van der Waals surface area contributed by atoms with Crippen molar-refractivity contribution in [1.29, 1.82) is 0 Å². The number of aryl methyl sites for hydroxylation is 1. The lowest BCUT2D eigenvalue weighted by Gasteiger charge is -2.22. The van der Waals surface area contributed by atoms with Gasteiger partial charge in [-0.05, 0) is 30.7 Å². The summed E-state index contributed by atoms with van der Waals surface area (Å²) < 4.78 is 39.6. The summed E-state index contributed by atoms with van der Waals surface area (Å²) in [4.78, 5) is 25.2. The molecule has 0 spiro atoms. The Balaban J connectivity index is 2.06. The van der Waals surface area contributed by atoms with Crippen molar-refractivity contribution in [3.63, 3.8) is 0 Å². The van der Waals surface area contributed by atoms with Crippen molar-refractivity contribution in [1.82, 2.24) is 0 Å². The average Bonchev–Trinajstić information content (AvgIpc) is 2.57. The number of carbonyl (C=O) groups excluding carboxylic acids is 2. The van der Waals surface area contributed by atoms with Gasteiger partial charge in [0.15, 0.2) is 17.5 Å². The highest BCUT2D eigenvalue weighted by atomic mass is 19.2. The molecule has 0 aliphatic rings. The highest BCUT2D eigenvalue weighted by Crippen LogP contribution is 2.21. The van der Waals surface area contributed by atoms with E-state index in [4.69, 9.17) is 0 Å². The summed E-state index contributed by atoms with van der Waals surface area (Å²) in [5, 5.41) is 2.18. The van der Waals surface area contributed by atoms with Gasteiger partial charge in [0.1, 0.15) is 0 Å². The van der Waals surface area contributed by atoms with Gasteiger partial charge in [-0.1, -0.05) is 18.2 Å². The molecule has 0 aromatic heterocycles. The first-order valence-corrected chi connectivity index (χ1v) is 7.58. The number of carbonyl (C=O) groups is 2. The normalized spacial score (nSPS) is 10.4. The molecule has 2 aromatic carbocycles. The molecule has 4 nitrogen and oxygen atoms in total. The van der Waals surface area contributed by atoms with Crippen molar-refractivity contribution in [3.8, 4) is 0 Å². The third-order valence-corrected chi connectivity index (χ3v) is 3.66. The van der Waals surface area contributed by atoms with Crippen LogP contribution in [0.4, 0.5) is 24.5 Å². The van der Waals surface area contributed by atoms with Crippen LogP contribution in [0.25, 0.3) is 0 Å². The quantitative estimate of drug-likeness (QED) is 0.834. The van der Waals surface area contributed by atoms with E-state index in [-0.39, 0.29) is 18.9 Å². The fourth-order valence-corrected chi connectivity index (χ4v) is 2.36. The Kier molecular flexibility index (Phi) is 5.80. The molecule has 0 unspecified atom stereocenters. The molecule has 0 saturated carbocycles. The number of anilines is 2. The predicted octanol–water partition coefficient (Wildman–Crippen LogP) is 3.79. The second kappa shape index (κ2) is 7.83. The van der Waals surface area contributed by atoms with Crippen LogP contribution < -0.4 is 10.2 Å². The summed E-state index contributed by atoms with van der Waals surface area (Å²) in [5.74, 6) is -5.32. The van der Waals surface area contributed by atoms with E-state index in [2.05, 4.69) is 5.32 Å². The molecule has 2 rings (SSSR count). The molecule has 25 heavy (non-hydrogen) atoms. The van der Waals surface area contributed by atoms with Crippen LogP contribution in [0.3, 0.4) is 0 Å². The standard InChI is InChI=1S/C18H17F3N2O2/c1-11-5-3-4-6-15(11)23(12(2)24)10-9-16(25)22-14-8-7-13(19)17(20)18(14)21/h3-8H,9-10H2,1-2H3,(H,22,25). The molecule has 0 fully saturated rings. The Morgan fingerprint density at radius 2 is 1.72 bits per heavy atom. The maximum atomic E-state index is 13.6. The molecule has 0 radical (unpaired) electrons. The van der Waals surface area contributed by atoms with E-state index >= 15 is 0 Å². The van der Waals surface area contributed by atoms with Gasteiger partial charge < -0.3 is 10.2 Å². The number of hydrogen-bond donors (Lipinski definition) is 1. The van der Waals surface area contributed by atoms with Crippen LogP contribution >= 0.6 is 0 Å². The molecule has 1 N–H and O–H groups in total. The molecule has 132 valence electrons. The SMILES string of the molecule is CC(=O)N(CCC(=O)Nc1ccc(F)c(F)c1F)c1ccccc1C. The minimum Gasteiger partial charge on any atom is -0.323 e. The fraction of sp³-hybridized carbons (Fsp3) is 0.222. The Bertz CT molecular complexity index is 809. The molecule has 0 aliphatic heterocycles. The molecule has 7 heteroatoms. The largest absolute Gasteiger partial charge is 0.323 e. The van der Waals surface area contributed by atoms with Crippen molar-refractivity contribution in [2.45, 2.75) is 20.3 Å². The lowest BCUT2D eigenvalue weighted by atomic mass is 10.1. The average molecular weight is 350 g/mol. The minimum absolute atomic E-state index is 0.0668.